The number of rotatable bonds is 7. The van der Waals surface area contributed by atoms with E-state index < -0.39 is 5.97 Å². The summed E-state index contributed by atoms with van der Waals surface area (Å²) < 4.78 is 16.2. The molecule has 150 valence electrons. The van der Waals surface area contributed by atoms with Gasteiger partial charge >= 0.3 is 5.97 Å². The molecule has 0 saturated carbocycles. The highest BCUT2D eigenvalue weighted by atomic mass is 16.5. The molecule has 0 unspecified atom stereocenters. The van der Waals surface area contributed by atoms with Crippen molar-refractivity contribution in [2.75, 3.05) is 34.4 Å². The van der Waals surface area contributed by atoms with Crippen molar-refractivity contribution in [3.63, 3.8) is 0 Å². The lowest BCUT2D eigenvalue weighted by atomic mass is 9.97. The van der Waals surface area contributed by atoms with Gasteiger partial charge in [0, 0.05) is 18.3 Å². The molecule has 28 heavy (non-hydrogen) atoms. The number of carboxylic acid groups (broad SMARTS) is 1. The number of likely N-dealkylation sites (tertiary alicyclic amines) is 1. The van der Waals surface area contributed by atoms with E-state index in [1.807, 2.05) is 24.3 Å². The van der Waals surface area contributed by atoms with Crippen LogP contribution < -0.4 is 14.2 Å². The number of carboxylic acids is 1. The second-order valence-corrected chi connectivity index (χ2v) is 6.85. The van der Waals surface area contributed by atoms with Crippen molar-refractivity contribution in [3.8, 4) is 28.5 Å². The third-order valence-electron chi connectivity index (χ3n) is 5.13. The van der Waals surface area contributed by atoms with Crippen LogP contribution in [0.4, 0.5) is 0 Å². The minimum absolute atomic E-state index is 0.219. The molecule has 1 N–H and O–H groups in total. The Morgan fingerprint density at radius 1 is 1.11 bits per heavy atom. The molecular formula is C21H26N2O5. The second kappa shape index (κ2) is 8.93. The van der Waals surface area contributed by atoms with Crippen LogP contribution in [0.5, 0.6) is 17.2 Å². The quantitative estimate of drug-likeness (QED) is 0.783. The maximum absolute atomic E-state index is 11.1. The largest absolute Gasteiger partial charge is 0.493 e. The molecule has 1 aromatic heterocycles. The smallest absolute Gasteiger partial charge is 0.306 e. The zero-order chi connectivity index (χ0) is 20.1. The molecule has 0 bridgehead atoms. The molecule has 7 heteroatoms. The number of benzene rings is 1. The fourth-order valence-corrected chi connectivity index (χ4v) is 3.56. The molecule has 0 amide bonds. The van der Waals surface area contributed by atoms with Gasteiger partial charge < -0.3 is 19.3 Å². The highest BCUT2D eigenvalue weighted by Crippen LogP contribution is 2.40. The minimum Gasteiger partial charge on any atom is -0.493 e. The summed E-state index contributed by atoms with van der Waals surface area (Å²) in [6, 6.07) is 7.80. The van der Waals surface area contributed by atoms with E-state index in [4.69, 9.17) is 19.3 Å². The number of hydrogen-bond donors (Lipinski definition) is 1. The normalized spacial score (nSPS) is 15.2. The number of aliphatic carboxylic acids is 1. The van der Waals surface area contributed by atoms with E-state index in [9.17, 15) is 4.79 Å². The Labute approximate surface area is 164 Å². The average molecular weight is 386 g/mol. The maximum Gasteiger partial charge on any atom is 0.306 e. The first-order chi connectivity index (χ1) is 13.5. The zero-order valence-electron chi connectivity index (χ0n) is 16.5. The maximum atomic E-state index is 11.1. The van der Waals surface area contributed by atoms with Crippen LogP contribution in [0.2, 0.25) is 0 Å². The zero-order valence-corrected chi connectivity index (χ0v) is 16.5. The van der Waals surface area contributed by atoms with Crippen molar-refractivity contribution < 1.29 is 24.1 Å². The molecule has 3 rings (SSSR count). The Hall–Kier alpha value is -2.80. The third-order valence-corrected chi connectivity index (χ3v) is 5.13. The van der Waals surface area contributed by atoms with Crippen molar-refractivity contribution in [2.45, 2.75) is 19.4 Å². The summed E-state index contributed by atoms with van der Waals surface area (Å²) in [5.74, 6) is 0.808. The first-order valence-electron chi connectivity index (χ1n) is 9.26. The topological polar surface area (TPSA) is 81.1 Å². The SMILES string of the molecule is COc1cc(-c2cc(CN3CCC(C(=O)O)CC3)ccn2)cc(OC)c1OC. The number of carbonyl (C=O) groups is 1. The summed E-state index contributed by atoms with van der Waals surface area (Å²) in [5.41, 5.74) is 2.82. The molecule has 7 nitrogen and oxygen atoms in total. The standard InChI is InChI=1S/C21H26N2O5/c1-26-18-11-16(12-19(27-2)20(18)28-3)17-10-14(4-7-22-17)13-23-8-5-15(6-9-23)21(24)25/h4,7,10-12,15H,5-6,8-9,13H2,1-3H3,(H,24,25). The Morgan fingerprint density at radius 3 is 2.29 bits per heavy atom. The van der Waals surface area contributed by atoms with Crippen molar-refractivity contribution in [2.24, 2.45) is 5.92 Å². The van der Waals surface area contributed by atoms with Crippen molar-refractivity contribution in [1.29, 1.82) is 0 Å². The lowest BCUT2D eigenvalue weighted by molar-refractivity contribution is -0.143. The number of ether oxygens (including phenoxy) is 3. The number of aromatic nitrogens is 1. The summed E-state index contributed by atoms with van der Waals surface area (Å²) >= 11 is 0. The number of piperidine rings is 1. The predicted molar refractivity (Wildman–Crippen MR) is 105 cm³/mol. The van der Waals surface area contributed by atoms with Gasteiger partial charge in [-0.3, -0.25) is 14.7 Å². The van der Waals surface area contributed by atoms with E-state index in [0.717, 1.165) is 36.5 Å². The van der Waals surface area contributed by atoms with Gasteiger partial charge in [-0.05, 0) is 55.8 Å². The first-order valence-corrected chi connectivity index (χ1v) is 9.26. The second-order valence-electron chi connectivity index (χ2n) is 6.85. The van der Waals surface area contributed by atoms with Gasteiger partial charge in [0.2, 0.25) is 5.75 Å². The number of hydrogen-bond acceptors (Lipinski definition) is 6. The van der Waals surface area contributed by atoms with Gasteiger partial charge in [0.05, 0.1) is 32.9 Å². The molecule has 0 atom stereocenters. The van der Waals surface area contributed by atoms with E-state index >= 15 is 0 Å². The van der Waals surface area contributed by atoms with E-state index in [0.29, 0.717) is 30.1 Å². The summed E-state index contributed by atoms with van der Waals surface area (Å²) in [6.07, 6.45) is 3.18. The number of pyridine rings is 1. The van der Waals surface area contributed by atoms with Gasteiger partial charge in [0.15, 0.2) is 11.5 Å². The highest BCUT2D eigenvalue weighted by Gasteiger charge is 2.24. The van der Waals surface area contributed by atoms with Crippen LogP contribution >= 0.6 is 0 Å². The Balaban J connectivity index is 1.79. The molecule has 1 aromatic carbocycles. The van der Waals surface area contributed by atoms with Crippen LogP contribution in [0.25, 0.3) is 11.3 Å². The Morgan fingerprint density at radius 2 is 1.75 bits per heavy atom. The van der Waals surface area contributed by atoms with Gasteiger partial charge in [-0.15, -0.1) is 0 Å². The summed E-state index contributed by atoms with van der Waals surface area (Å²) in [7, 11) is 4.75. The van der Waals surface area contributed by atoms with Crippen LogP contribution in [0, 0.1) is 5.92 Å². The average Bonchev–Trinajstić information content (AvgIpc) is 2.73. The van der Waals surface area contributed by atoms with Gasteiger partial charge in [-0.2, -0.15) is 0 Å². The van der Waals surface area contributed by atoms with Crippen LogP contribution in [-0.2, 0) is 11.3 Å². The van der Waals surface area contributed by atoms with Crippen LogP contribution in [0.15, 0.2) is 30.5 Å². The molecule has 1 aliphatic rings. The van der Waals surface area contributed by atoms with Crippen molar-refractivity contribution in [3.05, 3.63) is 36.0 Å². The van der Waals surface area contributed by atoms with Gasteiger partial charge in [-0.25, -0.2) is 0 Å². The fourth-order valence-electron chi connectivity index (χ4n) is 3.56. The molecule has 2 heterocycles. The third kappa shape index (κ3) is 4.36. The number of nitrogens with zero attached hydrogens (tertiary/aromatic N) is 2. The van der Waals surface area contributed by atoms with Crippen LogP contribution in [0.3, 0.4) is 0 Å². The van der Waals surface area contributed by atoms with E-state index in [2.05, 4.69) is 9.88 Å². The molecule has 1 fully saturated rings. The van der Waals surface area contributed by atoms with Gasteiger partial charge in [0.25, 0.3) is 0 Å². The summed E-state index contributed by atoms with van der Waals surface area (Å²) in [5, 5.41) is 9.14. The van der Waals surface area contributed by atoms with E-state index in [1.54, 1.807) is 27.5 Å². The Bertz CT molecular complexity index is 806. The number of methoxy groups -OCH3 is 3. The highest BCUT2D eigenvalue weighted by molar-refractivity contribution is 5.70. The molecule has 1 aliphatic heterocycles. The molecule has 0 spiro atoms. The lowest BCUT2D eigenvalue weighted by Crippen LogP contribution is -2.35. The molecule has 2 aromatic rings. The van der Waals surface area contributed by atoms with Crippen molar-refractivity contribution in [1.82, 2.24) is 9.88 Å². The lowest BCUT2D eigenvalue weighted by Gasteiger charge is -2.30. The predicted octanol–water partition coefficient (Wildman–Crippen LogP) is 3.07. The first kappa shape index (κ1) is 19.9. The Kier molecular flexibility index (Phi) is 6.36. The molecule has 0 radical (unpaired) electrons. The van der Waals surface area contributed by atoms with Crippen molar-refractivity contribution >= 4 is 5.97 Å². The fraction of sp³-hybridized carbons (Fsp3) is 0.429. The molecular weight excluding hydrogens is 360 g/mol. The van der Waals surface area contributed by atoms with Crippen LogP contribution in [0.1, 0.15) is 18.4 Å². The monoisotopic (exact) mass is 386 g/mol. The van der Waals surface area contributed by atoms with E-state index in [-0.39, 0.29) is 5.92 Å². The summed E-state index contributed by atoms with van der Waals surface area (Å²) in [6.45, 7) is 2.35. The molecule has 1 saturated heterocycles. The van der Waals surface area contributed by atoms with Gasteiger partial charge in [-0.1, -0.05) is 0 Å². The summed E-state index contributed by atoms with van der Waals surface area (Å²) in [4.78, 5) is 17.9. The van der Waals surface area contributed by atoms with E-state index in [1.165, 1.54) is 0 Å². The van der Waals surface area contributed by atoms with Crippen LogP contribution in [-0.4, -0.2) is 55.4 Å². The van der Waals surface area contributed by atoms with Gasteiger partial charge in [0.1, 0.15) is 0 Å². The minimum atomic E-state index is -0.687. The molecule has 0 aliphatic carbocycles.